The molecule has 0 heterocycles. The van der Waals surface area contributed by atoms with Crippen molar-refractivity contribution < 1.29 is 17.9 Å². The SMILES string of the molecule is COc1ccc(S(=O)(=O)Nc2ccc(C(=O)N(C)Cc3ccc(C)cc3)cc2C)cc1. The van der Waals surface area contributed by atoms with Crippen molar-refractivity contribution in [2.45, 2.75) is 25.3 Å². The summed E-state index contributed by atoms with van der Waals surface area (Å²) in [6.45, 7) is 4.28. The van der Waals surface area contributed by atoms with Gasteiger partial charge in [0.1, 0.15) is 5.75 Å². The Balaban J connectivity index is 1.74. The lowest BCUT2D eigenvalue weighted by atomic mass is 10.1. The number of carbonyl (C=O) groups excluding carboxylic acids is 1. The highest BCUT2D eigenvalue weighted by Gasteiger charge is 2.17. The van der Waals surface area contributed by atoms with Gasteiger partial charge in [-0.3, -0.25) is 9.52 Å². The Kier molecular flexibility index (Phi) is 6.65. The van der Waals surface area contributed by atoms with E-state index < -0.39 is 10.0 Å². The van der Waals surface area contributed by atoms with Crippen molar-refractivity contribution in [3.8, 4) is 5.75 Å². The summed E-state index contributed by atoms with van der Waals surface area (Å²) in [4.78, 5) is 14.6. The van der Waals surface area contributed by atoms with Crippen molar-refractivity contribution >= 4 is 21.6 Å². The molecule has 0 aliphatic heterocycles. The molecule has 0 fully saturated rings. The average Bonchev–Trinajstić information content (AvgIpc) is 2.76. The van der Waals surface area contributed by atoms with Crippen LogP contribution in [0.3, 0.4) is 0 Å². The molecule has 0 aliphatic rings. The number of benzene rings is 3. The van der Waals surface area contributed by atoms with Crippen LogP contribution >= 0.6 is 0 Å². The molecule has 0 radical (unpaired) electrons. The second kappa shape index (κ2) is 9.22. The van der Waals surface area contributed by atoms with Crippen LogP contribution in [-0.2, 0) is 16.6 Å². The van der Waals surface area contributed by atoms with Crippen LogP contribution in [0, 0.1) is 13.8 Å². The van der Waals surface area contributed by atoms with Gasteiger partial charge in [-0.15, -0.1) is 0 Å². The first-order valence-corrected chi connectivity index (χ1v) is 11.3. The van der Waals surface area contributed by atoms with Gasteiger partial charge >= 0.3 is 0 Å². The van der Waals surface area contributed by atoms with Crippen LogP contribution < -0.4 is 9.46 Å². The second-order valence-electron chi connectivity index (χ2n) is 7.46. The van der Waals surface area contributed by atoms with E-state index in [4.69, 9.17) is 4.74 Å². The molecule has 6 nitrogen and oxygen atoms in total. The minimum atomic E-state index is -3.76. The fourth-order valence-corrected chi connectivity index (χ4v) is 4.26. The lowest BCUT2D eigenvalue weighted by Gasteiger charge is -2.18. The Hall–Kier alpha value is -3.32. The first-order valence-electron chi connectivity index (χ1n) is 9.78. The molecule has 0 spiro atoms. The van der Waals surface area contributed by atoms with Crippen molar-refractivity contribution in [2.75, 3.05) is 18.9 Å². The largest absolute Gasteiger partial charge is 0.497 e. The van der Waals surface area contributed by atoms with Gasteiger partial charge in [-0.2, -0.15) is 0 Å². The number of aryl methyl sites for hydroxylation is 2. The summed E-state index contributed by atoms with van der Waals surface area (Å²) < 4.78 is 33.0. The normalized spacial score (nSPS) is 11.1. The van der Waals surface area contributed by atoms with E-state index in [1.54, 1.807) is 49.2 Å². The summed E-state index contributed by atoms with van der Waals surface area (Å²) in [6.07, 6.45) is 0. The van der Waals surface area contributed by atoms with E-state index in [0.29, 0.717) is 29.1 Å². The van der Waals surface area contributed by atoms with Gasteiger partial charge in [0, 0.05) is 19.2 Å². The number of methoxy groups -OCH3 is 1. The first kappa shape index (κ1) is 22.4. The van der Waals surface area contributed by atoms with Gasteiger partial charge in [0.05, 0.1) is 17.7 Å². The third-order valence-electron chi connectivity index (χ3n) is 4.97. The van der Waals surface area contributed by atoms with E-state index >= 15 is 0 Å². The maximum absolute atomic E-state index is 12.8. The van der Waals surface area contributed by atoms with Crippen LogP contribution in [0.15, 0.2) is 71.6 Å². The van der Waals surface area contributed by atoms with Crippen LogP contribution in [0.5, 0.6) is 5.75 Å². The number of hydrogen-bond donors (Lipinski definition) is 1. The zero-order valence-electron chi connectivity index (χ0n) is 18.0. The molecular formula is C24H26N2O4S. The highest BCUT2D eigenvalue weighted by atomic mass is 32.2. The average molecular weight is 439 g/mol. The lowest BCUT2D eigenvalue weighted by molar-refractivity contribution is 0.0785. The van der Waals surface area contributed by atoms with Gasteiger partial charge in [0.15, 0.2) is 0 Å². The molecule has 3 aromatic carbocycles. The van der Waals surface area contributed by atoms with Crippen LogP contribution in [0.2, 0.25) is 0 Å². The second-order valence-corrected chi connectivity index (χ2v) is 9.14. The Morgan fingerprint density at radius 2 is 1.61 bits per heavy atom. The van der Waals surface area contributed by atoms with Gasteiger partial charge in [-0.05, 0) is 67.4 Å². The predicted octanol–water partition coefficient (Wildman–Crippen LogP) is 4.39. The summed E-state index contributed by atoms with van der Waals surface area (Å²) >= 11 is 0. The number of nitrogens with zero attached hydrogens (tertiary/aromatic N) is 1. The van der Waals surface area contributed by atoms with Crippen molar-refractivity contribution in [3.05, 3.63) is 89.0 Å². The Bertz CT molecular complexity index is 1170. The molecule has 162 valence electrons. The standard InChI is InChI=1S/C24H26N2O4S/c1-17-5-7-19(8-6-17)16-26(3)24(27)20-9-14-23(18(2)15-20)25-31(28,29)22-12-10-21(30-4)11-13-22/h5-15,25H,16H2,1-4H3. The molecule has 3 rings (SSSR count). The van der Waals surface area contributed by atoms with Crippen LogP contribution in [0.1, 0.15) is 27.0 Å². The summed E-state index contributed by atoms with van der Waals surface area (Å²) in [7, 11) is -0.488. The smallest absolute Gasteiger partial charge is 0.261 e. The number of amides is 1. The van der Waals surface area contributed by atoms with E-state index in [9.17, 15) is 13.2 Å². The topological polar surface area (TPSA) is 75.7 Å². The molecule has 3 aromatic rings. The maximum Gasteiger partial charge on any atom is 0.261 e. The molecule has 0 bridgehead atoms. The van der Waals surface area contributed by atoms with E-state index in [-0.39, 0.29) is 10.8 Å². The van der Waals surface area contributed by atoms with Crippen LogP contribution in [0.25, 0.3) is 0 Å². The summed E-state index contributed by atoms with van der Waals surface area (Å²) in [5, 5.41) is 0. The predicted molar refractivity (Wildman–Crippen MR) is 122 cm³/mol. The number of sulfonamides is 1. The van der Waals surface area contributed by atoms with Crippen molar-refractivity contribution in [1.82, 2.24) is 4.90 Å². The third-order valence-corrected chi connectivity index (χ3v) is 6.36. The molecule has 7 heteroatoms. The van der Waals surface area contributed by atoms with Crippen molar-refractivity contribution in [1.29, 1.82) is 0 Å². The minimum Gasteiger partial charge on any atom is -0.497 e. The van der Waals surface area contributed by atoms with Gasteiger partial charge in [0.25, 0.3) is 15.9 Å². The Labute approximate surface area is 183 Å². The molecule has 1 N–H and O–H groups in total. The molecule has 0 saturated carbocycles. The number of hydrogen-bond acceptors (Lipinski definition) is 4. The highest BCUT2D eigenvalue weighted by molar-refractivity contribution is 7.92. The number of nitrogens with one attached hydrogen (secondary N) is 1. The summed E-state index contributed by atoms with van der Waals surface area (Å²) in [5.41, 5.74) is 3.79. The van der Waals surface area contributed by atoms with Crippen molar-refractivity contribution in [2.24, 2.45) is 0 Å². The molecule has 31 heavy (non-hydrogen) atoms. The molecule has 1 amide bonds. The Morgan fingerprint density at radius 3 is 2.19 bits per heavy atom. The van der Waals surface area contributed by atoms with Gasteiger partial charge < -0.3 is 9.64 Å². The lowest BCUT2D eigenvalue weighted by Crippen LogP contribution is -2.26. The minimum absolute atomic E-state index is 0.130. The number of carbonyl (C=O) groups is 1. The van der Waals surface area contributed by atoms with Gasteiger partial charge in [-0.1, -0.05) is 29.8 Å². The zero-order chi connectivity index (χ0) is 22.6. The number of rotatable bonds is 7. The van der Waals surface area contributed by atoms with E-state index in [0.717, 1.165) is 5.56 Å². The number of ether oxygens (including phenoxy) is 1. The van der Waals surface area contributed by atoms with Crippen LogP contribution in [-0.4, -0.2) is 33.4 Å². The zero-order valence-corrected chi connectivity index (χ0v) is 18.9. The molecule has 0 aromatic heterocycles. The number of anilines is 1. The molecular weight excluding hydrogens is 412 g/mol. The third kappa shape index (κ3) is 5.44. The molecule has 0 saturated heterocycles. The fraction of sp³-hybridized carbons (Fsp3) is 0.208. The quantitative estimate of drug-likeness (QED) is 0.594. The monoisotopic (exact) mass is 438 g/mol. The maximum atomic E-state index is 12.8. The summed E-state index contributed by atoms with van der Waals surface area (Å²) in [6, 6.07) is 19.1. The van der Waals surface area contributed by atoms with E-state index in [1.165, 1.54) is 24.8 Å². The fourth-order valence-electron chi connectivity index (χ4n) is 3.13. The molecule has 0 unspecified atom stereocenters. The summed E-state index contributed by atoms with van der Waals surface area (Å²) in [5.74, 6) is 0.445. The highest BCUT2D eigenvalue weighted by Crippen LogP contribution is 2.23. The molecule has 0 atom stereocenters. The Morgan fingerprint density at radius 1 is 0.968 bits per heavy atom. The van der Waals surface area contributed by atoms with Crippen LogP contribution in [0.4, 0.5) is 5.69 Å². The van der Waals surface area contributed by atoms with Crippen molar-refractivity contribution in [3.63, 3.8) is 0 Å². The van der Waals surface area contributed by atoms with E-state index in [1.807, 2.05) is 31.2 Å². The first-order chi connectivity index (χ1) is 14.7. The van der Waals surface area contributed by atoms with E-state index in [2.05, 4.69) is 4.72 Å². The van der Waals surface area contributed by atoms with Gasteiger partial charge in [-0.25, -0.2) is 8.42 Å². The van der Waals surface area contributed by atoms with Gasteiger partial charge in [0.2, 0.25) is 0 Å². The molecule has 0 aliphatic carbocycles.